The number of nitrogens with zero attached hydrogens (tertiary/aromatic N) is 1. The Morgan fingerprint density at radius 3 is 2.11 bits per heavy atom. The number of rotatable bonds is 6. The summed E-state index contributed by atoms with van der Waals surface area (Å²) < 4.78 is 5.41. The van der Waals surface area contributed by atoms with E-state index in [1.807, 2.05) is 13.8 Å². The molecule has 1 aromatic carbocycles. The number of hydrogen-bond donors (Lipinski definition) is 1. The van der Waals surface area contributed by atoms with Crippen LogP contribution >= 0.6 is 0 Å². The number of nitrogens with one attached hydrogen (secondary N) is 1. The second kappa shape index (κ2) is 7.41. The van der Waals surface area contributed by atoms with Crippen molar-refractivity contribution in [3.63, 3.8) is 0 Å². The molecule has 2 fully saturated rings. The molecule has 5 unspecified atom stereocenters. The minimum Gasteiger partial charge on any atom is -0.494 e. The quantitative estimate of drug-likeness (QED) is 0.606. The summed E-state index contributed by atoms with van der Waals surface area (Å²) in [5, 5.41) is 2.84. The number of carbonyl (C=O) groups excluding carboxylic acids is 3. The third-order valence-corrected chi connectivity index (χ3v) is 6.23. The summed E-state index contributed by atoms with van der Waals surface area (Å²) in [6.45, 7) is 4.31. The molecule has 0 aromatic heterocycles. The highest BCUT2D eigenvalue weighted by Crippen LogP contribution is 2.50. The fraction of sp³-hybridized carbons (Fsp3) is 0.500. The molecule has 1 N–H and O–H groups in total. The minimum absolute atomic E-state index is 0.128. The van der Waals surface area contributed by atoms with E-state index in [0.29, 0.717) is 18.7 Å². The average Bonchev–Trinajstić information content (AvgIpc) is 2.99. The average molecular weight is 382 g/mol. The topological polar surface area (TPSA) is 75.7 Å². The van der Waals surface area contributed by atoms with Crippen LogP contribution in [0.1, 0.15) is 33.1 Å². The van der Waals surface area contributed by atoms with Gasteiger partial charge in [-0.25, -0.2) is 0 Å². The molecular formula is C22H26N2O4. The molecular weight excluding hydrogens is 356 g/mol. The van der Waals surface area contributed by atoms with Crippen LogP contribution in [0.5, 0.6) is 5.75 Å². The predicted octanol–water partition coefficient (Wildman–Crippen LogP) is 3.00. The Hall–Kier alpha value is -2.63. The second-order valence-electron chi connectivity index (χ2n) is 7.76. The van der Waals surface area contributed by atoms with Gasteiger partial charge in [-0.15, -0.1) is 0 Å². The van der Waals surface area contributed by atoms with Crippen LogP contribution in [0.2, 0.25) is 0 Å². The number of imide groups is 1. The summed E-state index contributed by atoms with van der Waals surface area (Å²) >= 11 is 0. The van der Waals surface area contributed by atoms with Crippen molar-refractivity contribution in [2.24, 2.45) is 23.7 Å². The van der Waals surface area contributed by atoms with Gasteiger partial charge in [-0.1, -0.05) is 19.1 Å². The Kier molecular flexibility index (Phi) is 4.96. The Bertz CT molecular complexity index is 784. The number of anilines is 1. The van der Waals surface area contributed by atoms with E-state index in [4.69, 9.17) is 4.74 Å². The maximum absolute atomic E-state index is 13.1. The first-order valence-corrected chi connectivity index (χ1v) is 10.1. The smallest absolute Gasteiger partial charge is 0.247 e. The molecule has 0 spiro atoms. The first-order valence-electron chi connectivity index (χ1n) is 10.1. The van der Waals surface area contributed by atoms with Crippen molar-refractivity contribution >= 4 is 23.4 Å². The molecule has 1 aromatic rings. The molecule has 0 radical (unpaired) electrons. The largest absolute Gasteiger partial charge is 0.494 e. The summed E-state index contributed by atoms with van der Waals surface area (Å²) in [6, 6.07) is 6.30. The highest BCUT2D eigenvalue weighted by Gasteiger charge is 2.58. The molecule has 2 bridgehead atoms. The zero-order valence-corrected chi connectivity index (χ0v) is 16.3. The Labute approximate surface area is 164 Å². The van der Waals surface area contributed by atoms with Crippen molar-refractivity contribution in [2.75, 3.05) is 11.9 Å². The molecule has 6 nitrogen and oxygen atoms in total. The van der Waals surface area contributed by atoms with Gasteiger partial charge in [0.05, 0.1) is 18.4 Å². The lowest BCUT2D eigenvalue weighted by molar-refractivity contribution is -0.146. The number of ether oxygens (including phenoxy) is 1. The number of benzene rings is 1. The molecule has 1 aliphatic heterocycles. The third-order valence-electron chi connectivity index (χ3n) is 6.23. The van der Waals surface area contributed by atoms with Crippen molar-refractivity contribution in [3.8, 4) is 5.75 Å². The summed E-state index contributed by atoms with van der Waals surface area (Å²) in [7, 11) is 0. The number of fused-ring (bicyclic) bond motifs is 1. The van der Waals surface area contributed by atoms with E-state index in [2.05, 4.69) is 17.5 Å². The zero-order chi connectivity index (χ0) is 19.8. The maximum atomic E-state index is 13.1. The van der Waals surface area contributed by atoms with E-state index >= 15 is 0 Å². The van der Waals surface area contributed by atoms with Crippen LogP contribution in [0.15, 0.2) is 36.4 Å². The van der Waals surface area contributed by atoms with E-state index in [-0.39, 0.29) is 41.4 Å². The van der Waals surface area contributed by atoms with Crippen LogP contribution in [-0.4, -0.2) is 35.3 Å². The van der Waals surface area contributed by atoms with E-state index in [1.54, 1.807) is 24.3 Å². The van der Waals surface area contributed by atoms with Gasteiger partial charge in [-0.3, -0.25) is 19.3 Å². The van der Waals surface area contributed by atoms with Gasteiger partial charge in [-0.2, -0.15) is 0 Å². The normalized spacial score (nSPS) is 29.0. The second-order valence-corrected chi connectivity index (χ2v) is 7.76. The van der Waals surface area contributed by atoms with Crippen LogP contribution in [0.25, 0.3) is 0 Å². The molecule has 28 heavy (non-hydrogen) atoms. The van der Waals surface area contributed by atoms with Crippen LogP contribution in [0.3, 0.4) is 0 Å². The molecule has 5 atom stereocenters. The van der Waals surface area contributed by atoms with Gasteiger partial charge >= 0.3 is 0 Å². The van der Waals surface area contributed by atoms with Crippen LogP contribution in [-0.2, 0) is 14.4 Å². The van der Waals surface area contributed by atoms with Crippen molar-refractivity contribution in [2.45, 2.75) is 39.2 Å². The molecule has 1 saturated heterocycles. The van der Waals surface area contributed by atoms with E-state index < -0.39 is 6.04 Å². The first kappa shape index (κ1) is 18.7. The standard InChI is InChI=1S/C22H26N2O4/c1-3-17(20(25)23-15-9-11-16(12-10-15)28-4-2)24-21(26)18-13-5-6-14(8-7-13)19(18)22(24)27/h5-6,9-14,17-19H,3-4,7-8H2,1-2H3,(H,23,25). The van der Waals surface area contributed by atoms with Crippen LogP contribution in [0.4, 0.5) is 5.69 Å². The highest BCUT2D eigenvalue weighted by atomic mass is 16.5. The van der Waals surface area contributed by atoms with Crippen LogP contribution < -0.4 is 10.1 Å². The monoisotopic (exact) mass is 382 g/mol. The van der Waals surface area contributed by atoms with Crippen molar-refractivity contribution < 1.29 is 19.1 Å². The molecule has 5 rings (SSSR count). The van der Waals surface area contributed by atoms with Gasteiger partial charge < -0.3 is 10.1 Å². The SMILES string of the molecule is CCOc1ccc(NC(=O)C(CC)N2C(=O)C3C4C=CC(CC4)C3C2=O)cc1. The minimum atomic E-state index is -0.781. The first-order chi connectivity index (χ1) is 13.5. The third kappa shape index (κ3) is 3.01. The number of carbonyl (C=O) groups is 3. The van der Waals surface area contributed by atoms with E-state index in [9.17, 15) is 14.4 Å². The van der Waals surface area contributed by atoms with Gasteiger partial charge in [0, 0.05) is 5.69 Å². The van der Waals surface area contributed by atoms with Gasteiger partial charge in [0.2, 0.25) is 17.7 Å². The van der Waals surface area contributed by atoms with Crippen molar-refractivity contribution in [1.29, 1.82) is 0 Å². The Morgan fingerprint density at radius 2 is 1.64 bits per heavy atom. The fourth-order valence-corrected chi connectivity index (χ4v) is 4.92. The molecule has 4 aliphatic rings. The fourth-order valence-electron chi connectivity index (χ4n) is 4.92. The predicted molar refractivity (Wildman–Crippen MR) is 105 cm³/mol. The molecule has 3 amide bonds. The van der Waals surface area contributed by atoms with Gasteiger partial charge in [0.25, 0.3) is 0 Å². The number of hydrogen-bond acceptors (Lipinski definition) is 4. The number of amides is 3. The summed E-state index contributed by atoms with van der Waals surface area (Å²) in [5.41, 5.74) is 0.616. The lowest BCUT2D eigenvalue weighted by Crippen LogP contribution is -2.47. The number of likely N-dealkylation sites (tertiary alicyclic amines) is 1. The van der Waals surface area contributed by atoms with Gasteiger partial charge in [0.1, 0.15) is 11.8 Å². The maximum Gasteiger partial charge on any atom is 0.247 e. The van der Waals surface area contributed by atoms with E-state index in [0.717, 1.165) is 18.6 Å². The Balaban J connectivity index is 1.51. The summed E-state index contributed by atoms with van der Waals surface area (Å²) in [4.78, 5) is 40.3. The van der Waals surface area contributed by atoms with Crippen molar-refractivity contribution in [3.05, 3.63) is 36.4 Å². The van der Waals surface area contributed by atoms with Gasteiger partial charge in [-0.05, 0) is 62.3 Å². The van der Waals surface area contributed by atoms with E-state index in [1.165, 1.54) is 4.90 Å². The lowest BCUT2D eigenvalue weighted by atomic mass is 9.63. The Morgan fingerprint density at radius 1 is 1.07 bits per heavy atom. The molecule has 148 valence electrons. The highest BCUT2D eigenvalue weighted by molar-refractivity contribution is 6.10. The molecule has 1 saturated carbocycles. The molecule has 6 heteroatoms. The lowest BCUT2D eigenvalue weighted by Gasteiger charge is -2.38. The van der Waals surface area contributed by atoms with Gasteiger partial charge in [0.15, 0.2) is 0 Å². The van der Waals surface area contributed by atoms with Crippen molar-refractivity contribution in [1.82, 2.24) is 4.90 Å². The molecule has 1 heterocycles. The summed E-state index contributed by atoms with van der Waals surface area (Å²) in [6.07, 6.45) is 6.47. The number of allylic oxidation sites excluding steroid dienone is 2. The zero-order valence-electron chi connectivity index (χ0n) is 16.3. The molecule has 3 aliphatic carbocycles. The van der Waals surface area contributed by atoms with Crippen LogP contribution in [0, 0.1) is 23.7 Å². The summed E-state index contributed by atoms with van der Waals surface area (Å²) in [5.74, 6) is -0.277.